The standard InChI is InChI=1S/C22H34N2O2/c1-13-18(26-20(23-13)21(3,4)5)9-19(25)24-14(2)22-10-15-6-16(11-22)8-17(7-15)12-22/h14-17H,6-12H2,1-5H3,(H,24,25). The zero-order valence-corrected chi connectivity index (χ0v) is 17.0. The van der Waals surface area contributed by atoms with Crippen LogP contribution in [-0.4, -0.2) is 16.9 Å². The summed E-state index contributed by atoms with van der Waals surface area (Å²) in [5.74, 6) is 4.23. The number of hydrogen-bond acceptors (Lipinski definition) is 3. The lowest BCUT2D eigenvalue weighted by Crippen LogP contribution is -2.56. The van der Waals surface area contributed by atoms with E-state index in [4.69, 9.17) is 4.42 Å². The molecular formula is C22H34N2O2. The van der Waals surface area contributed by atoms with Crippen molar-refractivity contribution in [1.82, 2.24) is 10.3 Å². The SMILES string of the molecule is Cc1nc(C(C)(C)C)oc1CC(=O)NC(C)C12CC3CC(CC(C3)C1)C2. The van der Waals surface area contributed by atoms with E-state index in [2.05, 4.69) is 38.0 Å². The third-order valence-electron chi connectivity index (χ3n) is 7.24. The fraction of sp³-hybridized carbons (Fsp3) is 0.818. The molecule has 5 rings (SSSR count). The van der Waals surface area contributed by atoms with Gasteiger partial charge in [0.2, 0.25) is 5.91 Å². The van der Waals surface area contributed by atoms with Crippen molar-refractivity contribution in [2.24, 2.45) is 23.2 Å². The first-order chi connectivity index (χ1) is 12.1. The van der Waals surface area contributed by atoms with Gasteiger partial charge in [0, 0.05) is 11.5 Å². The first-order valence-corrected chi connectivity index (χ1v) is 10.4. The van der Waals surface area contributed by atoms with E-state index in [0.29, 0.717) is 23.5 Å². The van der Waals surface area contributed by atoms with E-state index in [1.54, 1.807) is 0 Å². The zero-order chi connectivity index (χ0) is 18.7. The molecule has 4 bridgehead atoms. The van der Waals surface area contributed by atoms with Crippen molar-refractivity contribution >= 4 is 5.91 Å². The molecular weight excluding hydrogens is 324 g/mol. The van der Waals surface area contributed by atoms with Gasteiger partial charge in [-0.2, -0.15) is 0 Å². The van der Waals surface area contributed by atoms with Gasteiger partial charge in [-0.05, 0) is 75.5 Å². The average molecular weight is 359 g/mol. The number of carbonyl (C=O) groups is 1. The second kappa shape index (κ2) is 6.10. The lowest BCUT2D eigenvalue weighted by molar-refractivity contribution is -0.125. The van der Waals surface area contributed by atoms with Gasteiger partial charge in [0.1, 0.15) is 5.76 Å². The normalized spacial score (nSPS) is 34.1. The van der Waals surface area contributed by atoms with Gasteiger partial charge in [0.15, 0.2) is 5.89 Å². The number of oxazole rings is 1. The van der Waals surface area contributed by atoms with Crippen molar-refractivity contribution in [2.75, 3.05) is 0 Å². The van der Waals surface area contributed by atoms with E-state index in [-0.39, 0.29) is 17.4 Å². The third-order valence-corrected chi connectivity index (χ3v) is 7.24. The summed E-state index contributed by atoms with van der Waals surface area (Å²) in [4.78, 5) is 17.3. The number of hydrogen-bond donors (Lipinski definition) is 1. The Bertz CT molecular complexity index is 662. The van der Waals surface area contributed by atoms with Gasteiger partial charge in [0.05, 0.1) is 12.1 Å². The number of rotatable bonds is 4. The summed E-state index contributed by atoms with van der Waals surface area (Å²) in [5, 5.41) is 3.33. The van der Waals surface area contributed by atoms with Crippen molar-refractivity contribution in [3.63, 3.8) is 0 Å². The van der Waals surface area contributed by atoms with Gasteiger partial charge in [-0.25, -0.2) is 4.98 Å². The van der Waals surface area contributed by atoms with Crippen LogP contribution in [0.15, 0.2) is 4.42 Å². The first-order valence-electron chi connectivity index (χ1n) is 10.4. The molecule has 1 atom stereocenters. The highest BCUT2D eigenvalue weighted by Gasteiger charge is 2.53. The van der Waals surface area contributed by atoms with Crippen LogP contribution in [0.4, 0.5) is 0 Å². The second-order valence-corrected chi connectivity index (χ2v) is 10.5. The third kappa shape index (κ3) is 3.20. The summed E-state index contributed by atoms with van der Waals surface area (Å²) in [6, 6.07) is 0.258. The van der Waals surface area contributed by atoms with Crippen LogP contribution in [0, 0.1) is 30.1 Å². The van der Waals surface area contributed by atoms with Gasteiger partial charge < -0.3 is 9.73 Å². The summed E-state index contributed by atoms with van der Waals surface area (Å²) in [6.45, 7) is 10.4. The highest BCUT2D eigenvalue weighted by Crippen LogP contribution is 2.61. The van der Waals surface area contributed by atoms with Crippen LogP contribution < -0.4 is 5.32 Å². The maximum absolute atomic E-state index is 12.7. The van der Waals surface area contributed by atoms with E-state index in [1.807, 2.05) is 6.92 Å². The number of nitrogens with one attached hydrogen (secondary N) is 1. The number of aryl methyl sites for hydroxylation is 1. The van der Waals surface area contributed by atoms with Gasteiger partial charge in [-0.1, -0.05) is 20.8 Å². The minimum absolute atomic E-state index is 0.0768. The Morgan fingerprint density at radius 3 is 2.19 bits per heavy atom. The Morgan fingerprint density at radius 1 is 1.19 bits per heavy atom. The summed E-state index contributed by atoms with van der Waals surface area (Å²) >= 11 is 0. The average Bonchev–Trinajstić information content (AvgIpc) is 2.87. The molecule has 1 aromatic rings. The highest BCUT2D eigenvalue weighted by atomic mass is 16.4. The van der Waals surface area contributed by atoms with Crippen LogP contribution in [0.2, 0.25) is 0 Å². The van der Waals surface area contributed by atoms with E-state index in [0.717, 1.165) is 23.4 Å². The molecule has 4 aliphatic carbocycles. The first kappa shape index (κ1) is 18.1. The van der Waals surface area contributed by atoms with Crippen LogP contribution in [0.1, 0.15) is 83.6 Å². The van der Waals surface area contributed by atoms with Crippen LogP contribution in [0.25, 0.3) is 0 Å². The predicted octanol–water partition coefficient (Wildman–Crippen LogP) is 4.54. The maximum atomic E-state index is 12.7. The Balaban J connectivity index is 1.42. The molecule has 4 saturated carbocycles. The van der Waals surface area contributed by atoms with Crippen molar-refractivity contribution in [1.29, 1.82) is 0 Å². The minimum Gasteiger partial charge on any atom is -0.444 e. The topological polar surface area (TPSA) is 55.1 Å². The molecule has 144 valence electrons. The van der Waals surface area contributed by atoms with Crippen LogP contribution >= 0.6 is 0 Å². The molecule has 0 aromatic carbocycles. The fourth-order valence-corrected chi connectivity index (χ4v) is 6.21. The van der Waals surface area contributed by atoms with Gasteiger partial charge >= 0.3 is 0 Å². The van der Waals surface area contributed by atoms with Crippen molar-refractivity contribution in [2.45, 2.75) is 91.0 Å². The molecule has 1 unspecified atom stereocenters. The summed E-state index contributed by atoms with van der Waals surface area (Å²) in [7, 11) is 0. The fourth-order valence-electron chi connectivity index (χ4n) is 6.21. The van der Waals surface area contributed by atoms with Crippen molar-refractivity contribution in [3.8, 4) is 0 Å². The number of nitrogens with zero attached hydrogens (tertiary/aromatic N) is 1. The van der Waals surface area contributed by atoms with E-state index >= 15 is 0 Å². The Morgan fingerprint density at radius 2 is 1.73 bits per heavy atom. The van der Waals surface area contributed by atoms with Crippen molar-refractivity contribution < 1.29 is 9.21 Å². The smallest absolute Gasteiger partial charge is 0.227 e. The molecule has 1 N–H and O–H groups in total. The molecule has 26 heavy (non-hydrogen) atoms. The lowest BCUT2D eigenvalue weighted by Gasteiger charge is -2.59. The van der Waals surface area contributed by atoms with E-state index in [9.17, 15) is 4.79 Å². The number of aromatic nitrogens is 1. The summed E-state index contributed by atoms with van der Waals surface area (Å²) < 4.78 is 5.91. The summed E-state index contributed by atoms with van der Waals surface area (Å²) in [5.41, 5.74) is 1.05. The largest absolute Gasteiger partial charge is 0.444 e. The Labute approximate surface area is 157 Å². The number of carbonyl (C=O) groups excluding carboxylic acids is 1. The van der Waals surface area contributed by atoms with Crippen LogP contribution in [0.5, 0.6) is 0 Å². The van der Waals surface area contributed by atoms with E-state index in [1.165, 1.54) is 38.5 Å². The van der Waals surface area contributed by atoms with Crippen molar-refractivity contribution in [3.05, 3.63) is 17.3 Å². The lowest BCUT2D eigenvalue weighted by atomic mass is 9.48. The molecule has 4 fully saturated rings. The van der Waals surface area contributed by atoms with Crippen LogP contribution in [-0.2, 0) is 16.6 Å². The maximum Gasteiger partial charge on any atom is 0.227 e. The van der Waals surface area contributed by atoms with Gasteiger partial charge in [0.25, 0.3) is 0 Å². The highest BCUT2D eigenvalue weighted by molar-refractivity contribution is 5.78. The van der Waals surface area contributed by atoms with Gasteiger partial charge in [-0.15, -0.1) is 0 Å². The minimum atomic E-state index is -0.133. The quantitative estimate of drug-likeness (QED) is 0.859. The molecule has 1 aromatic heterocycles. The predicted molar refractivity (Wildman–Crippen MR) is 102 cm³/mol. The number of amides is 1. The zero-order valence-electron chi connectivity index (χ0n) is 17.0. The van der Waals surface area contributed by atoms with Crippen LogP contribution in [0.3, 0.4) is 0 Å². The molecule has 0 aliphatic heterocycles. The second-order valence-electron chi connectivity index (χ2n) is 10.5. The van der Waals surface area contributed by atoms with E-state index < -0.39 is 0 Å². The monoisotopic (exact) mass is 358 g/mol. The summed E-state index contributed by atoms with van der Waals surface area (Å²) in [6.07, 6.45) is 8.56. The molecule has 0 radical (unpaired) electrons. The molecule has 0 spiro atoms. The molecule has 1 amide bonds. The molecule has 4 heteroatoms. The molecule has 4 nitrogen and oxygen atoms in total. The molecule has 4 aliphatic rings. The van der Waals surface area contributed by atoms with Gasteiger partial charge in [-0.3, -0.25) is 4.79 Å². The molecule has 1 heterocycles. The Kier molecular flexibility index (Phi) is 4.24. The molecule has 0 saturated heterocycles. The Hall–Kier alpha value is -1.32.